The molecule has 0 unspecified atom stereocenters. The largest absolute Gasteiger partial charge is 0.299 e. The third-order valence-electron chi connectivity index (χ3n) is 1.60. The minimum absolute atomic E-state index is 0.0973. The Bertz CT molecular complexity index is 165. The van der Waals surface area contributed by atoms with Gasteiger partial charge in [-0.15, -0.1) is 11.6 Å². The molecule has 0 aliphatic heterocycles. The highest BCUT2D eigenvalue weighted by Gasteiger charge is 2.27. The van der Waals surface area contributed by atoms with Gasteiger partial charge in [0.1, 0.15) is 5.78 Å². The van der Waals surface area contributed by atoms with E-state index in [1.54, 1.807) is 6.92 Å². The predicted octanol–water partition coefficient (Wildman–Crippen LogP) is 3.51. The fourth-order valence-electron chi connectivity index (χ4n) is 0.628. The molecule has 0 amide bonds. The lowest BCUT2D eigenvalue weighted by Crippen LogP contribution is -2.29. The molecule has 0 aliphatic rings. The van der Waals surface area contributed by atoms with Crippen LogP contribution in [-0.4, -0.2) is 20.3 Å². The molecule has 0 aromatic carbocycles. The fraction of sp³-hybridized carbons (Fsp3) is 0.875. The molecule has 0 fully saturated rings. The lowest BCUT2D eigenvalue weighted by Gasteiger charge is -2.24. The molecule has 0 radical (unpaired) electrons. The summed E-state index contributed by atoms with van der Waals surface area (Å²) in [5, 5.41) is 0. The summed E-state index contributed by atoms with van der Waals surface area (Å²) in [5.41, 5.74) is 0. The first-order chi connectivity index (χ1) is 5.25. The van der Waals surface area contributed by atoms with Crippen molar-refractivity contribution in [2.75, 3.05) is 0 Å². The van der Waals surface area contributed by atoms with Gasteiger partial charge in [-0.05, 0) is 27.2 Å². The lowest BCUT2D eigenvalue weighted by molar-refractivity contribution is -0.116. The van der Waals surface area contributed by atoms with Gasteiger partial charge in [-0.1, -0.05) is 31.9 Å². The average molecular weight is 320 g/mol. The van der Waals surface area contributed by atoms with E-state index in [0.717, 1.165) is 0 Å². The second-order valence-corrected chi connectivity index (χ2v) is 6.53. The van der Waals surface area contributed by atoms with Crippen molar-refractivity contribution in [3.63, 3.8) is 0 Å². The molecule has 4 heteroatoms. The predicted molar refractivity (Wildman–Crippen MR) is 60.7 cm³/mol. The number of ketones is 1. The molecule has 0 aromatic rings. The Morgan fingerprint density at radius 3 is 2.17 bits per heavy atom. The van der Waals surface area contributed by atoms with Crippen LogP contribution >= 0.6 is 43.5 Å². The van der Waals surface area contributed by atoms with Gasteiger partial charge in [-0.25, -0.2) is 0 Å². The number of carbonyl (C=O) groups excluding carboxylic acids is 1. The monoisotopic (exact) mass is 318 g/mol. The van der Waals surface area contributed by atoms with Gasteiger partial charge < -0.3 is 0 Å². The van der Waals surface area contributed by atoms with Crippen molar-refractivity contribution >= 4 is 49.2 Å². The highest BCUT2D eigenvalue weighted by atomic mass is 79.9. The van der Waals surface area contributed by atoms with Crippen LogP contribution in [0.4, 0.5) is 0 Å². The Morgan fingerprint density at radius 2 is 1.92 bits per heavy atom. The topological polar surface area (TPSA) is 17.1 Å². The molecule has 0 aromatic heterocycles. The van der Waals surface area contributed by atoms with E-state index in [2.05, 4.69) is 31.9 Å². The zero-order chi connectivity index (χ0) is 9.94. The molecule has 0 saturated heterocycles. The molecule has 2 atom stereocenters. The van der Waals surface area contributed by atoms with E-state index in [1.807, 2.05) is 13.8 Å². The quantitative estimate of drug-likeness (QED) is 0.725. The molecule has 0 aliphatic carbocycles. The van der Waals surface area contributed by atoms with E-state index in [1.165, 1.54) is 0 Å². The molecule has 0 rings (SSSR count). The molecule has 0 saturated carbocycles. The molecule has 12 heavy (non-hydrogen) atoms. The fourth-order valence-corrected chi connectivity index (χ4v) is 1.97. The Hall–Kier alpha value is 0.920. The van der Waals surface area contributed by atoms with Crippen molar-refractivity contribution in [2.24, 2.45) is 0 Å². The maximum Gasteiger partial charge on any atom is 0.143 e. The summed E-state index contributed by atoms with van der Waals surface area (Å²) in [6.45, 7) is 5.42. The highest BCUT2D eigenvalue weighted by molar-refractivity contribution is 9.10. The lowest BCUT2D eigenvalue weighted by atomic mass is 10.0. The number of Topliss-reactive ketones (excluding diaryl/α,β-unsaturated/α-hetero) is 1. The van der Waals surface area contributed by atoms with Crippen molar-refractivity contribution in [2.45, 2.75) is 41.7 Å². The standard InChI is InChI=1S/C8H13Br2ClO/c1-5(12)6(9)4-7(10)8(2,3)11/h6-7H,4H2,1-3H3/t6-,7-/m1/s1. The molecule has 0 N–H and O–H groups in total. The first-order valence-electron chi connectivity index (χ1n) is 3.72. The SMILES string of the molecule is CC(=O)[C@H](Br)C[C@@H](Br)C(C)(C)Cl. The van der Waals surface area contributed by atoms with Gasteiger partial charge in [0.05, 0.1) is 9.70 Å². The molecular formula is C8H13Br2ClO. The van der Waals surface area contributed by atoms with Crippen LogP contribution in [-0.2, 0) is 4.79 Å². The van der Waals surface area contributed by atoms with Crippen LogP contribution in [0.2, 0.25) is 0 Å². The van der Waals surface area contributed by atoms with Gasteiger partial charge >= 0.3 is 0 Å². The molecule has 72 valence electrons. The molecule has 0 bridgehead atoms. The number of hydrogen-bond acceptors (Lipinski definition) is 1. The summed E-state index contributed by atoms with van der Waals surface area (Å²) < 4.78 is 0. The van der Waals surface area contributed by atoms with Crippen LogP contribution in [0.3, 0.4) is 0 Å². The van der Waals surface area contributed by atoms with Crippen molar-refractivity contribution in [3.05, 3.63) is 0 Å². The number of carbonyl (C=O) groups is 1. The summed E-state index contributed by atoms with van der Waals surface area (Å²) in [7, 11) is 0. The summed E-state index contributed by atoms with van der Waals surface area (Å²) in [5.74, 6) is 0.139. The summed E-state index contributed by atoms with van der Waals surface area (Å²) in [6, 6.07) is 0. The second-order valence-electron chi connectivity index (χ2n) is 3.35. The Balaban J connectivity index is 4.01. The Morgan fingerprint density at radius 1 is 1.50 bits per heavy atom. The number of hydrogen-bond donors (Lipinski definition) is 0. The van der Waals surface area contributed by atoms with Crippen LogP contribution in [0.5, 0.6) is 0 Å². The highest BCUT2D eigenvalue weighted by Crippen LogP contribution is 2.30. The molecule has 0 heterocycles. The third-order valence-corrected chi connectivity index (χ3v) is 4.66. The zero-order valence-electron chi connectivity index (χ0n) is 7.40. The van der Waals surface area contributed by atoms with Gasteiger partial charge in [-0.2, -0.15) is 0 Å². The van der Waals surface area contributed by atoms with Gasteiger partial charge in [0.25, 0.3) is 0 Å². The molecule has 1 nitrogen and oxygen atoms in total. The Kier molecular flexibility index (Phi) is 5.35. The third kappa shape index (κ3) is 4.83. The zero-order valence-corrected chi connectivity index (χ0v) is 11.3. The number of rotatable bonds is 4. The summed E-state index contributed by atoms with van der Waals surface area (Å²) in [6.07, 6.45) is 0.714. The first kappa shape index (κ1) is 12.9. The summed E-state index contributed by atoms with van der Waals surface area (Å²) in [4.78, 5) is 10.6. The number of alkyl halides is 3. The van der Waals surface area contributed by atoms with E-state index in [0.29, 0.717) is 6.42 Å². The van der Waals surface area contributed by atoms with Crippen molar-refractivity contribution in [3.8, 4) is 0 Å². The van der Waals surface area contributed by atoms with E-state index in [-0.39, 0.29) is 20.3 Å². The molecular weight excluding hydrogens is 307 g/mol. The maximum atomic E-state index is 10.9. The van der Waals surface area contributed by atoms with E-state index in [9.17, 15) is 4.79 Å². The van der Waals surface area contributed by atoms with Crippen molar-refractivity contribution in [1.29, 1.82) is 0 Å². The van der Waals surface area contributed by atoms with Gasteiger partial charge in [-0.3, -0.25) is 4.79 Å². The van der Waals surface area contributed by atoms with Crippen LogP contribution in [0.25, 0.3) is 0 Å². The minimum atomic E-state index is -0.318. The van der Waals surface area contributed by atoms with Crippen LogP contribution < -0.4 is 0 Å². The van der Waals surface area contributed by atoms with Gasteiger partial charge in [0.15, 0.2) is 0 Å². The normalized spacial score (nSPS) is 17.2. The van der Waals surface area contributed by atoms with Crippen molar-refractivity contribution < 1.29 is 4.79 Å². The van der Waals surface area contributed by atoms with E-state index in [4.69, 9.17) is 11.6 Å². The maximum absolute atomic E-state index is 10.9. The number of halogens is 3. The molecule has 0 spiro atoms. The average Bonchev–Trinajstić information content (AvgIpc) is 1.85. The van der Waals surface area contributed by atoms with Gasteiger partial charge in [0, 0.05) is 4.83 Å². The van der Waals surface area contributed by atoms with E-state index >= 15 is 0 Å². The minimum Gasteiger partial charge on any atom is -0.299 e. The van der Waals surface area contributed by atoms with Gasteiger partial charge in [0.2, 0.25) is 0 Å². The van der Waals surface area contributed by atoms with Crippen LogP contribution in [0.1, 0.15) is 27.2 Å². The Labute approximate surface area is 95.5 Å². The smallest absolute Gasteiger partial charge is 0.143 e. The first-order valence-corrected chi connectivity index (χ1v) is 5.93. The van der Waals surface area contributed by atoms with Crippen molar-refractivity contribution in [1.82, 2.24) is 0 Å². The second kappa shape index (κ2) is 4.97. The van der Waals surface area contributed by atoms with E-state index < -0.39 is 0 Å². The van der Waals surface area contributed by atoms with Crippen LogP contribution in [0.15, 0.2) is 0 Å². The summed E-state index contributed by atoms with van der Waals surface area (Å²) >= 11 is 12.8. The van der Waals surface area contributed by atoms with Crippen LogP contribution in [0, 0.1) is 0 Å².